The van der Waals surface area contributed by atoms with Crippen molar-refractivity contribution in [1.82, 2.24) is 14.8 Å². The predicted octanol–water partition coefficient (Wildman–Crippen LogP) is 2.37. The minimum absolute atomic E-state index is 0.104. The molecule has 1 heterocycles. The van der Waals surface area contributed by atoms with Gasteiger partial charge in [0.1, 0.15) is 0 Å². The number of carbonyl (C=O) groups excluding carboxylic acids is 1. The first-order valence-electron chi connectivity index (χ1n) is 7.01. The third-order valence-electron chi connectivity index (χ3n) is 2.75. The summed E-state index contributed by atoms with van der Waals surface area (Å²) in [5.74, 6) is 0.765. The molecule has 0 saturated carbocycles. The molecule has 0 unspecified atom stereocenters. The van der Waals surface area contributed by atoms with Crippen LogP contribution in [0.2, 0.25) is 0 Å². The minimum Gasteiger partial charge on any atom is -0.466 e. The lowest BCUT2D eigenvalue weighted by atomic mass is 10.2. The molecule has 0 spiro atoms. The van der Waals surface area contributed by atoms with Crippen LogP contribution in [0.4, 0.5) is 0 Å². The Labute approximate surface area is 123 Å². The van der Waals surface area contributed by atoms with Gasteiger partial charge in [0, 0.05) is 18.2 Å². The zero-order valence-corrected chi connectivity index (χ0v) is 13.2. The van der Waals surface area contributed by atoms with Crippen LogP contribution < -0.4 is 5.69 Å². The fourth-order valence-corrected chi connectivity index (χ4v) is 2.87. The number of aromatic nitrogens is 3. The van der Waals surface area contributed by atoms with Gasteiger partial charge in [0.25, 0.3) is 0 Å². The molecular weight excluding hydrogens is 278 g/mol. The number of nitrogens with zero attached hydrogens (tertiary/aromatic N) is 2. The van der Waals surface area contributed by atoms with E-state index in [9.17, 15) is 9.59 Å². The van der Waals surface area contributed by atoms with Gasteiger partial charge in [-0.05, 0) is 33.6 Å². The van der Waals surface area contributed by atoms with Gasteiger partial charge in [0.2, 0.25) is 0 Å². The lowest BCUT2D eigenvalue weighted by Gasteiger charge is -2.08. The number of rotatable bonds is 9. The largest absolute Gasteiger partial charge is 0.466 e. The highest BCUT2D eigenvalue weighted by molar-refractivity contribution is 7.99. The molecule has 0 aliphatic heterocycles. The average Bonchev–Trinajstić information content (AvgIpc) is 2.75. The van der Waals surface area contributed by atoms with Crippen molar-refractivity contribution in [3.8, 4) is 0 Å². The van der Waals surface area contributed by atoms with Gasteiger partial charge in [-0.15, -0.1) is 5.10 Å². The van der Waals surface area contributed by atoms with Crippen molar-refractivity contribution in [3.63, 3.8) is 0 Å². The van der Waals surface area contributed by atoms with Crippen LogP contribution in [0.25, 0.3) is 0 Å². The molecule has 0 bridgehead atoms. The summed E-state index contributed by atoms with van der Waals surface area (Å²) in [5.41, 5.74) is -0.162. The smallest absolute Gasteiger partial charge is 0.344 e. The van der Waals surface area contributed by atoms with Gasteiger partial charge in [-0.2, -0.15) is 0 Å². The van der Waals surface area contributed by atoms with Crippen molar-refractivity contribution >= 4 is 17.7 Å². The number of esters is 1. The average molecular weight is 301 g/mol. The molecule has 0 amide bonds. The first-order chi connectivity index (χ1) is 9.56. The van der Waals surface area contributed by atoms with E-state index in [1.54, 1.807) is 16.3 Å². The Bertz CT molecular complexity index is 468. The summed E-state index contributed by atoms with van der Waals surface area (Å²) in [7, 11) is 0. The highest BCUT2D eigenvalue weighted by atomic mass is 32.2. The van der Waals surface area contributed by atoms with Crippen LogP contribution in [0.15, 0.2) is 9.95 Å². The van der Waals surface area contributed by atoms with Gasteiger partial charge in [-0.3, -0.25) is 9.36 Å². The number of nitrogens with one attached hydrogen (secondary N) is 1. The third-order valence-corrected chi connectivity index (χ3v) is 3.79. The molecule has 1 aromatic heterocycles. The van der Waals surface area contributed by atoms with Crippen molar-refractivity contribution in [2.75, 3.05) is 12.4 Å². The summed E-state index contributed by atoms with van der Waals surface area (Å²) < 4.78 is 6.52. The van der Waals surface area contributed by atoms with Gasteiger partial charge < -0.3 is 4.74 Å². The molecule has 0 aliphatic carbocycles. The molecule has 1 rings (SSSR count). The molecule has 114 valence electrons. The first kappa shape index (κ1) is 16.8. The molecular formula is C13H23N3O3S. The zero-order chi connectivity index (χ0) is 15.0. The van der Waals surface area contributed by atoms with Crippen molar-refractivity contribution in [2.45, 2.75) is 57.7 Å². The molecule has 0 aliphatic rings. The van der Waals surface area contributed by atoms with Gasteiger partial charge in [-0.1, -0.05) is 18.2 Å². The van der Waals surface area contributed by atoms with Crippen LogP contribution in [0.5, 0.6) is 0 Å². The number of hydrogen-bond donors (Lipinski definition) is 1. The van der Waals surface area contributed by atoms with Gasteiger partial charge in [0.15, 0.2) is 5.16 Å². The Balaban J connectivity index is 2.22. The Morgan fingerprint density at radius 1 is 1.40 bits per heavy atom. The molecule has 7 heteroatoms. The second-order valence-electron chi connectivity index (χ2n) is 4.74. The van der Waals surface area contributed by atoms with Gasteiger partial charge in [-0.25, -0.2) is 9.89 Å². The summed E-state index contributed by atoms with van der Waals surface area (Å²) >= 11 is 1.57. The van der Waals surface area contributed by atoms with E-state index in [0.29, 0.717) is 13.0 Å². The van der Waals surface area contributed by atoms with Crippen molar-refractivity contribution in [2.24, 2.45) is 0 Å². The summed E-state index contributed by atoms with van der Waals surface area (Å²) in [5, 5.41) is 7.23. The fourth-order valence-electron chi connectivity index (χ4n) is 1.79. The Morgan fingerprint density at radius 2 is 2.15 bits per heavy atom. The molecule has 20 heavy (non-hydrogen) atoms. The highest BCUT2D eigenvalue weighted by Gasteiger charge is 2.11. The second kappa shape index (κ2) is 8.84. The molecule has 0 atom stereocenters. The Morgan fingerprint density at radius 3 is 2.80 bits per heavy atom. The summed E-state index contributed by atoms with van der Waals surface area (Å²) in [4.78, 5) is 22.7. The van der Waals surface area contributed by atoms with E-state index in [1.165, 1.54) is 0 Å². The number of aromatic amines is 1. The molecule has 0 fully saturated rings. The summed E-state index contributed by atoms with van der Waals surface area (Å²) in [6, 6.07) is 0.104. The van der Waals surface area contributed by atoms with Crippen LogP contribution in [0.1, 0.15) is 52.5 Å². The molecule has 1 N–H and O–H groups in total. The van der Waals surface area contributed by atoms with Gasteiger partial charge in [0.05, 0.1) is 6.61 Å². The first-order valence-corrected chi connectivity index (χ1v) is 8.00. The minimum atomic E-state index is -0.162. The maximum absolute atomic E-state index is 11.5. The van der Waals surface area contributed by atoms with Crippen LogP contribution in [0.3, 0.4) is 0 Å². The third kappa shape index (κ3) is 5.40. The zero-order valence-electron chi connectivity index (χ0n) is 12.3. The van der Waals surface area contributed by atoms with Crippen LogP contribution in [-0.4, -0.2) is 33.1 Å². The lowest BCUT2D eigenvalue weighted by Crippen LogP contribution is -2.19. The number of thioether (sulfide) groups is 1. The maximum atomic E-state index is 11.5. The second-order valence-corrected chi connectivity index (χ2v) is 5.80. The van der Waals surface area contributed by atoms with E-state index >= 15 is 0 Å². The molecule has 0 radical (unpaired) electrons. The quantitative estimate of drug-likeness (QED) is 0.430. The van der Waals surface area contributed by atoms with E-state index in [1.807, 2.05) is 20.8 Å². The Hall–Kier alpha value is -1.24. The van der Waals surface area contributed by atoms with E-state index in [2.05, 4.69) is 10.2 Å². The van der Waals surface area contributed by atoms with Crippen LogP contribution >= 0.6 is 11.8 Å². The topological polar surface area (TPSA) is 77.0 Å². The van der Waals surface area contributed by atoms with Crippen molar-refractivity contribution < 1.29 is 9.53 Å². The normalized spacial score (nSPS) is 11.0. The number of H-pyrrole nitrogens is 1. The van der Waals surface area contributed by atoms with Crippen molar-refractivity contribution in [3.05, 3.63) is 10.5 Å². The molecule has 0 saturated heterocycles. The fraction of sp³-hybridized carbons (Fsp3) is 0.769. The Kier molecular flexibility index (Phi) is 7.43. The van der Waals surface area contributed by atoms with E-state index in [0.717, 1.165) is 30.2 Å². The van der Waals surface area contributed by atoms with E-state index in [4.69, 9.17) is 4.74 Å². The van der Waals surface area contributed by atoms with Crippen LogP contribution in [-0.2, 0) is 9.53 Å². The van der Waals surface area contributed by atoms with Crippen molar-refractivity contribution in [1.29, 1.82) is 0 Å². The van der Waals surface area contributed by atoms with Crippen LogP contribution in [0, 0.1) is 0 Å². The SMILES string of the molecule is CCOC(=O)CCCCCSc1n[nH]c(=O)n1C(C)C. The highest BCUT2D eigenvalue weighted by Crippen LogP contribution is 2.18. The van der Waals surface area contributed by atoms with E-state index in [-0.39, 0.29) is 17.7 Å². The standard InChI is InChI=1S/C13H23N3O3S/c1-4-19-11(17)8-6-5-7-9-20-13-15-14-12(18)16(13)10(2)3/h10H,4-9H2,1-3H3,(H,14,18). The monoisotopic (exact) mass is 301 g/mol. The van der Waals surface area contributed by atoms with E-state index < -0.39 is 0 Å². The molecule has 6 nitrogen and oxygen atoms in total. The molecule has 0 aromatic carbocycles. The number of hydrogen-bond acceptors (Lipinski definition) is 5. The maximum Gasteiger partial charge on any atom is 0.344 e. The lowest BCUT2D eigenvalue weighted by molar-refractivity contribution is -0.143. The van der Waals surface area contributed by atoms with Gasteiger partial charge >= 0.3 is 11.7 Å². The summed E-state index contributed by atoms with van der Waals surface area (Å²) in [6.45, 7) is 6.17. The number of unbranched alkanes of at least 4 members (excludes halogenated alkanes) is 2. The summed E-state index contributed by atoms with van der Waals surface area (Å²) in [6.07, 6.45) is 3.29. The number of ether oxygens (including phenoxy) is 1. The molecule has 1 aromatic rings. The number of carbonyl (C=O) groups is 1. The predicted molar refractivity (Wildman–Crippen MR) is 79.1 cm³/mol.